The molecule has 3 nitrogen and oxygen atoms in total. The lowest BCUT2D eigenvalue weighted by molar-refractivity contribution is 0.206. The third kappa shape index (κ3) is 3.71. The van der Waals surface area contributed by atoms with Crippen LogP contribution in [0, 0.1) is 0 Å². The zero-order chi connectivity index (χ0) is 13.8. The minimum absolute atomic E-state index is 0.407. The van der Waals surface area contributed by atoms with Crippen molar-refractivity contribution < 1.29 is 0 Å². The molecule has 0 radical (unpaired) electrons. The second-order valence-electron chi connectivity index (χ2n) is 5.95. The van der Waals surface area contributed by atoms with E-state index in [1.165, 1.54) is 11.3 Å². The Hall–Kier alpha value is -1.06. The van der Waals surface area contributed by atoms with Gasteiger partial charge < -0.3 is 10.6 Å². The number of para-hydroxylation sites is 1. The van der Waals surface area contributed by atoms with Crippen molar-refractivity contribution in [2.75, 3.05) is 25.0 Å². The van der Waals surface area contributed by atoms with Gasteiger partial charge in [0.25, 0.3) is 0 Å². The number of nitrogens with zero attached hydrogens (tertiary/aromatic N) is 2. The average Bonchev–Trinajstić information content (AvgIpc) is 2.41. The first-order valence-electron chi connectivity index (χ1n) is 7.36. The van der Waals surface area contributed by atoms with Crippen LogP contribution in [0.1, 0.15) is 32.3 Å². The van der Waals surface area contributed by atoms with Crippen LogP contribution in [0.4, 0.5) is 5.69 Å². The lowest BCUT2D eigenvalue weighted by atomic mass is 10.0. The Morgan fingerprint density at radius 2 is 1.89 bits per heavy atom. The summed E-state index contributed by atoms with van der Waals surface area (Å²) in [6.07, 6.45) is 2.25. The zero-order valence-electron chi connectivity index (χ0n) is 12.5. The molecular formula is C16H27N3. The van der Waals surface area contributed by atoms with E-state index < -0.39 is 0 Å². The molecule has 0 atom stereocenters. The van der Waals surface area contributed by atoms with Gasteiger partial charge in [0.2, 0.25) is 0 Å². The zero-order valence-corrected chi connectivity index (χ0v) is 12.5. The lowest BCUT2D eigenvalue weighted by Crippen LogP contribution is -2.39. The molecule has 1 aliphatic heterocycles. The Labute approximate surface area is 117 Å². The van der Waals surface area contributed by atoms with Crippen LogP contribution in [0.3, 0.4) is 0 Å². The van der Waals surface area contributed by atoms with E-state index in [9.17, 15) is 0 Å². The molecule has 0 unspecified atom stereocenters. The Kier molecular flexibility index (Phi) is 4.83. The highest BCUT2D eigenvalue weighted by Gasteiger charge is 2.18. The molecular weight excluding hydrogens is 234 g/mol. The van der Waals surface area contributed by atoms with Gasteiger partial charge in [-0.1, -0.05) is 18.2 Å². The number of hydrogen-bond donors (Lipinski definition) is 1. The van der Waals surface area contributed by atoms with Gasteiger partial charge in [0.05, 0.1) is 0 Å². The summed E-state index contributed by atoms with van der Waals surface area (Å²) < 4.78 is 0. The maximum absolute atomic E-state index is 5.97. The maximum Gasteiger partial charge on any atom is 0.0411 e. The molecule has 0 bridgehead atoms. The molecule has 2 rings (SSSR count). The number of nitrogens with two attached hydrogens (primary N) is 1. The highest BCUT2D eigenvalue weighted by atomic mass is 15.2. The Morgan fingerprint density at radius 3 is 2.53 bits per heavy atom. The molecule has 0 saturated carbocycles. The predicted octanol–water partition coefficient (Wildman–Crippen LogP) is 2.45. The van der Waals surface area contributed by atoms with Crippen LogP contribution >= 0.6 is 0 Å². The largest absolute Gasteiger partial charge is 0.372 e. The van der Waals surface area contributed by atoms with Crippen LogP contribution in [-0.2, 0) is 6.54 Å². The predicted molar refractivity (Wildman–Crippen MR) is 82.5 cm³/mol. The van der Waals surface area contributed by atoms with Crippen LogP contribution in [0.25, 0.3) is 0 Å². The van der Waals surface area contributed by atoms with Gasteiger partial charge >= 0.3 is 0 Å². The molecule has 0 aromatic heterocycles. The second-order valence-corrected chi connectivity index (χ2v) is 5.95. The molecule has 1 saturated heterocycles. The van der Waals surface area contributed by atoms with Crippen molar-refractivity contribution in [3.8, 4) is 0 Å². The van der Waals surface area contributed by atoms with Gasteiger partial charge in [0, 0.05) is 31.4 Å². The van der Waals surface area contributed by atoms with E-state index in [4.69, 9.17) is 5.73 Å². The van der Waals surface area contributed by atoms with E-state index in [1.807, 2.05) is 0 Å². The van der Waals surface area contributed by atoms with Crippen LogP contribution in [0.15, 0.2) is 24.3 Å². The summed E-state index contributed by atoms with van der Waals surface area (Å²) in [5.74, 6) is 0. The van der Waals surface area contributed by atoms with Crippen molar-refractivity contribution in [2.45, 2.75) is 45.3 Å². The molecule has 1 aliphatic rings. The standard InChI is InChI=1S/C16H27N3/c1-13(2)18(3)16-7-5-4-6-14(16)12-19-10-8-15(17)9-11-19/h4-7,13,15H,8-12,17H2,1-3H3. The summed E-state index contributed by atoms with van der Waals surface area (Å²) in [7, 11) is 2.18. The smallest absolute Gasteiger partial charge is 0.0411 e. The Balaban J connectivity index is 2.07. The highest BCUT2D eigenvalue weighted by molar-refractivity contribution is 5.53. The molecule has 0 aliphatic carbocycles. The third-order valence-electron chi connectivity index (χ3n) is 4.17. The van der Waals surface area contributed by atoms with E-state index >= 15 is 0 Å². The first-order chi connectivity index (χ1) is 9.08. The summed E-state index contributed by atoms with van der Waals surface area (Å²) >= 11 is 0. The molecule has 3 heteroatoms. The van der Waals surface area contributed by atoms with Crippen molar-refractivity contribution in [3.05, 3.63) is 29.8 Å². The highest BCUT2D eigenvalue weighted by Crippen LogP contribution is 2.23. The normalized spacial score (nSPS) is 17.9. The Morgan fingerprint density at radius 1 is 1.26 bits per heavy atom. The fourth-order valence-corrected chi connectivity index (χ4v) is 2.62. The number of likely N-dealkylation sites (tertiary alicyclic amines) is 1. The summed E-state index contributed by atoms with van der Waals surface area (Å²) in [5.41, 5.74) is 8.75. The van der Waals surface area contributed by atoms with Crippen molar-refractivity contribution in [3.63, 3.8) is 0 Å². The fourth-order valence-electron chi connectivity index (χ4n) is 2.62. The third-order valence-corrected chi connectivity index (χ3v) is 4.17. The summed E-state index contributed by atoms with van der Waals surface area (Å²) in [6, 6.07) is 9.68. The van der Waals surface area contributed by atoms with Crippen molar-refractivity contribution in [2.24, 2.45) is 5.73 Å². The van der Waals surface area contributed by atoms with Gasteiger partial charge in [0.1, 0.15) is 0 Å². The van der Waals surface area contributed by atoms with Crippen LogP contribution in [0.5, 0.6) is 0 Å². The van der Waals surface area contributed by atoms with Crippen molar-refractivity contribution >= 4 is 5.69 Å². The van der Waals surface area contributed by atoms with Gasteiger partial charge in [-0.05, 0) is 51.4 Å². The summed E-state index contributed by atoms with van der Waals surface area (Å²) in [5, 5.41) is 0. The van der Waals surface area contributed by atoms with Gasteiger partial charge in [-0.2, -0.15) is 0 Å². The first kappa shape index (κ1) is 14.4. The van der Waals surface area contributed by atoms with E-state index in [0.717, 1.165) is 32.5 Å². The quantitative estimate of drug-likeness (QED) is 0.903. The van der Waals surface area contributed by atoms with Gasteiger partial charge in [0.15, 0.2) is 0 Å². The number of benzene rings is 1. The van der Waals surface area contributed by atoms with E-state index in [2.05, 4.69) is 55.0 Å². The number of piperidine rings is 1. The molecule has 1 aromatic rings. The van der Waals surface area contributed by atoms with Gasteiger partial charge in [-0.15, -0.1) is 0 Å². The molecule has 19 heavy (non-hydrogen) atoms. The molecule has 106 valence electrons. The van der Waals surface area contributed by atoms with Crippen LogP contribution < -0.4 is 10.6 Å². The average molecular weight is 261 g/mol. The second kappa shape index (κ2) is 6.40. The molecule has 2 N–H and O–H groups in total. The molecule has 1 aromatic carbocycles. The van der Waals surface area contributed by atoms with Crippen LogP contribution in [-0.4, -0.2) is 37.1 Å². The maximum atomic E-state index is 5.97. The topological polar surface area (TPSA) is 32.5 Å². The number of hydrogen-bond acceptors (Lipinski definition) is 3. The van der Waals surface area contributed by atoms with E-state index in [-0.39, 0.29) is 0 Å². The molecule has 0 amide bonds. The van der Waals surface area contributed by atoms with Crippen molar-refractivity contribution in [1.82, 2.24) is 4.90 Å². The van der Waals surface area contributed by atoms with Crippen molar-refractivity contribution in [1.29, 1.82) is 0 Å². The summed E-state index contributed by atoms with van der Waals surface area (Å²) in [6.45, 7) is 7.76. The Bertz CT molecular complexity index is 395. The number of anilines is 1. The fraction of sp³-hybridized carbons (Fsp3) is 0.625. The monoisotopic (exact) mass is 261 g/mol. The van der Waals surface area contributed by atoms with Gasteiger partial charge in [-0.3, -0.25) is 4.90 Å². The minimum atomic E-state index is 0.407. The molecule has 0 spiro atoms. The lowest BCUT2D eigenvalue weighted by Gasteiger charge is -2.32. The van der Waals surface area contributed by atoms with Gasteiger partial charge in [-0.25, -0.2) is 0 Å². The number of rotatable bonds is 4. The summed E-state index contributed by atoms with van der Waals surface area (Å²) in [4.78, 5) is 4.88. The SMILES string of the molecule is CC(C)N(C)c1ccccc1CN1CCC(N)CC1. The van der Waals surface area contributed by atoms with E-state index in [0.29, 0.717) is 12.1 Å². The molecule has 1 heterocycles. The minimum Gasteiger partial charge on any atom is -0.372 e. The van der Waals surface area contributed by atoms with Crippen LogP contribution in [0.2, 0.25) is 0 Å². The van der Waals surface area contributed by atoms with E-state index in [1.54, 1.807) is 0 Å². The first-order valence-corrected chi connectivity index (χ1v) is 7.36. The molecule has 1 fully saturated rings.